The lowest BCUT2D eigenvalue weighted by Crippen LogP contribution is -2.41. The Balaban J connectivity index is 1.68. The largest absolute Gasteiger partial charge is 0.378 e. The van der Waals surface area contributed by atoms with E-state index in [-0.39, 0.29) is 23.6 Å². The van der Waals surface area contributed by atoms with Crippen molar-refractivity contribution in [2.24, 2.45) is 0 Å². The first kappa shape index (κ1) is 18.1. The molecule has 126 valence electrons. The standard InChI is InChI=1S/C16H21ClN2O3S/c1-12(13-2-4-14(17)5-3-13)18-15(20)10-23-11-16(21)19-6-8-22-9-7-19/h2-5,12H,6-11H2,1H3,(H,18,20). The fourth-order valence-electron chi connectivity index (χ4n) is 2.25. The van der Waals surface area contributed by atoms with Crippen molar-refractivity contribution in [3.8, 4) is 0 Å². The second kappa shape index (κ2) is 9.15. The minimum Gasteiger partial charge on any atom is -0.378 e. The molecule has 1 atom stereocenters. The van der Waals surface area contributed by atoms with E-state index in [0.717, 1.165) is 5.56 Å². The zero-order chi connectivity index (χ0) is 16.7. The number of rotatable bonds is 6. The number of morpholine rings is 1. The van der Waals surface area contributed by atoms with Gasteiger partial charge in [-0.25, -0.2) is 0 Å². The number of hydrogen-bond donors (Lipinski definition) is 1. The zero-order valence-electron chi connectivity index (χ0n) is 13.1. The van der Waals surface area contributed by atoms with Gasteiger partial charge < -0.3 is 15.0 Å². The Bertz CT molecular complexity index is 533. The Kier molecular flexibility index (Phi) is 7.20. The summed E-state index contributed by atoms with van der Waals surface area (Å²) in [6, 6.07) is 7.30. The van der Waals surface area contributed by atoms with Crippen LogP contribution < -0.4 is 5.32 Å². The van der Waals surface area contributed by atoms with Crippen LogP contribution in [0.15, 0.2) is 24.3 Å². The van der Waals surface area contributed by atoms with Crippen LogP contribution in [0.25, 0.3) is 0 Å². The quantitative estimate of drug-likeness (QED) is 0.848. The molecule has 5 nitrogen and oxygen atoms in total. The molecule has 1 saturated heterocycles. The lowest BCUT2D eigenvalue weighted by Gasteiger charge is -2.26. The molecule has 0 aliphatic carbocycles. The number of carbonyl (C=O) groups excluding carboxylic acids is 2. The fourth-order valence-corrected chi connectivity index (χ4v) is 3.11. The molecule has 1 aromatic carbocycles. The number of carbonyl (C=O) groups is 2. The molecule has 0 spiro atoms. The Labute approximate surface area is 145 Å². The van der Waals surface area contributed by atoms with Crippen molar-refractivity contribution in [2.45, 2.75) is 13.0 Å². The summed E-state index contributed by atoms with van der Waals surface area (Å²) in [4.78, 5) is 25.7. The number of halogens is 1. The van der Waals surface area contributed by atoms with E-state index >= 15 is 0 Å². The summed E-state index contributed by atoms with van der Waals surface area (Å²) in [5.74, 6) is 0.584. The van der Waals surface area contributed by atoms with Gasteiger partial charge >= 0.3 is 0 Å². The Morgan fingerprint density at radius 2 is 1.91 bits per heavy atom. The summed E-state index contributed by atoms with van der Waals surface area (Å²) in [6.07, 6.45) is 0. The van der Waals surface area contributed by atoms with E-state index in [1.54, 1.807) is 17.0 Å². The van der Waals surface area contributed by atoms with Gasteiger partial charge in [-0.2, -0.15) is 0 Å². The lowest BCUT2D eigenvalue weighted by molar-refractivity contribution is -0.132. The maximum atomic E-state index is 12.0. The Morgan fingerprint density at radius 3 is 2.57 bits per heavy atom. The molecule has 0 radical (unpaired) electrons. The first-order chi connectivity index (χ1) is 11.1. The highest BCUT2D eigenvalue weighted by Gasteiger charge is 2.17. The van der Waals surface area contributed by atoms with Crippen molar-refractivity contribution in [1.29, 1.82) is 0 Å². The molecule has 2 amide bonds. The molecule has 7 heteroatoms. The summed E-state index contributed by atoms with van der Waals surface area (Å²) in [7, 11) is 0. The minimum atomic E-state index is -0.0877. The molecule has 2 rings (SSSR count). The molecule has 1 fully saturated rings. The molecular formula is C16H21ClN2O3S. The van der Waals surface area contributed by atoms with Crippen LogP contribution in [0.1, 0.15) is 18.5 Å². The van der Waals surface area contributed by atoms with Crippen LogP contribution >= 0.6 is 23.4 Å². The van der Waals surface area contributed by atoms with Gasteiger partial charge in [0.25, 0.3) is 0 Å². The van der Waals surface area contributed by atoms with Gasteiger partial charge in [-0.05, 0) is 24.6 Å². The summed E-state index contributed by atoms with van der Waals surface area (Å²) in [5.41, 5.74) is 0.997. The van der Waals surface area contributed by atoms with E-state index in [1.807, 2.05) is 19.1 Å². The molecule has 0 saturated carbocycles. The predicted molar refractivity (Wildman–Crippen MR) is 92.7 cm³/mol. The van der Waals surface area contributed by atoms with Gasteiger partial charge in [0.15, 0.2) is 0 Å². The first-order valence-corrected chi connectivity index (χ1v) is 9.07. The molecular weight excluding hydrogens is 336 g/mol. The van der Waals surface area contributed by atoms with E-state index in [9.17, 15) is 9.59 Å². The number of ether oxygens (including phenoxy) is 1. The van der Waals surface area contributed by atoms with E-state index in [4.69, 9.17) is 16.3 Å². The highest BCUT2D eigenvalue weighted by molar-refractivity contribution is 8.00. The van der Waals surface area contributed by atoms with Crippen molar-refractivity contribution in [3.63, 3.8) is 0 Å². The zero-order valence-corrected chi connectivity index (χ0v) is 14.7. The molecule has 0 aromatic heterocycles. The predicted octanol–water partition coefficient (Wildman–Crippen LogP) is 2.11. The monoisotopic (exact) mass is 356 g/mol. The number of amides is 2. The van der Waals surface area contributed by atoms with Crippen LogP contribution in [0.2, 0.25) is 5.02 Å². The Morgan fingerprint density at radius 1 is 1.26 bits per heavy atom. The van der Waals surface area contributed by atoms with Crippen molar-refractivity contribution in [2.75, 3.05) is 37.8 Å². The molecule has 1 aliphatic heterocycles. The van der Waals surface area contributed by atoms with Crippen LogP contribution in [-0.4, -0.2) is 54.5 Å². The normalized spacial score (nSPS) is 16.0. The molecule has 1 N–H and O–H groups in total. The van der Waals surface area contributed by atoms with Gasteiger partial charge in [0, 0.05) is 18.1 Å². The molecule has 1 aliphatic rings. The average Bonchev–Trinajstić information content (AvgIpc) is 2.56. The van der Waals surface area contributed by atoms with E-state index in [0.29, 0.717) is 37.1 Å². The summed E-state index contributed by atoms with van der Waals surface area (Å²) in [6.45, 7) is 4.38. The summed E-state index contributed by atoms with van der Waals surface area (Å²) >= 11 is 7.19. The highest BCUT2D eigenvalue weighted by Crippen LogP contribution is 2.16. The van der Waals surface area contributed by atoms with E-state index in [2.05, 4.69) is 5.32 Å². The van der Waals surface area contributed by atoms with Gasteiger partial charge in [-0.1, -0.05) is 23.7 Å². The van der Waals surface area contributed by atoms with E-state index in [1.165, 1.54) is 11.8 Å². The van der Waals surface area contributed by atoms with Crippen molar-refractivity contribution < 1.29 is 14.3 Å². The van der Waals surface area contributed by atoms with Crippen molar-refractivity contribution in [3.05, 3.63) is 34.9 Å². The third-order valence-electron chi connectivity index (χ3n) is 3.57. The topological polar surface area (TPSA) is 58.6 Å². The van der Waals surface area contributed by atoms with E-state index < -0.39 is 0 Å². The average molecular weight is 357 g/mol. The minimum absolute atomic E-state index is 0.0665. The maximum Gasteiger partial charge on any atom is 0.232 e. The number of thioether (sulfide) groups is 1. The Hall–Kier alpha value is -1.24. The fraction of sp³-hybridized carbons (Fsp3) is 0.500. The lowest BCUT2D eigenvalue weighted by atomic mass is 10.1. The molecule has 1 aromatic rings. The van der Waals surface area contributed by atoms with Crippen LogP contribution in [-0.2, 0) is 14.3 Å². The third-order valence-corrected chi connectivity index (χ3v) is 4.74. The molecule has 23 heavy (non-hydrogen) atoms. The van der Waals surface area contributed by atoms with Crippen molar-refractivity contribution in [1.82, 2.24) is 10.2 Å². The maximum absolute atomic E-state index is 12.0. The summed E-state index contributed by atoms with van der Waals surface area (Å²) in [5, 5.41) is 3.59. The van der Waals surface area contributed by atoms with Crippen LogP contribution in [0, 0.1) is 0 Å². The number of nitrogens with one attached hydrogen (secondary N) is 1. The second-order valence-corrected chi connectivity index (χ2v) is 6.75. The molecule has 0 bridgehead atoms. The number of benzene rings is 1. The number of nitrogens with zero attached hydrogens (tertiary/aromatic N) is 1. The first-order valence-electron chi connectivity index (χ1n) is 7.54. The molecule has 1 heterocycles. The summed E-state index contributed by atoms with van der Waals surface area (Å²) < 4.78 is 5.21. The highest BCUT2D eigenvalue weighted by atomic mass is 35.5. The third kappa shape index (κ3) is 6.05. The second-order valence-electron chi connectivity index (χ2n) is 5.33. The molecule has 1 unspecified atom stereocenters. The van der Waals surface area contributed by atoms with Gasteiger partial charge in [-0.15, -0.1) is 11.8 Å². The van der Waals surface area contributed by atoms with Crippen LogP contribution in [0.5, 0.6) is 0 Å². The van der Waals surface area contributed by atoms with Gasteiger partial charge in [-0.3, -0.25) is 9.59 Å². The van der Waals surface area contributed by atoms with Crippen LogP contribution in [0.4, 0.5) is 0 Å². The SMILES string of the molecule is CC(NC(=O)CSCC(=O)N1CCOCC1)c1ccc(Cl)cc1. The van der Waals surface area contributed by atoms with Crippen molar-refractivity contribution >= 4 is 35.2 Å². The van der Waals surface area contributed by atoms with Gasteiger partial charge in [0.05, 0.1) is 30.8 Å². The van der Waals surface area contributed by atoms with Gasteiger partial charge in [0.1, 0.15) is 0 Å². The number of hydrogen-bond acceptors (Lipinski definition) is 4. The van der Waals surface area contributed by atoms with Gasteiger partial charge in [0.2, 0.25) is 11.8 Å². The van der Waals surface area contributed by atoms with Crippen LogP contribution in [0.3, 0.4) is 0 Å². The smallest absolute Gasteiger partial charge is 0.232 e.